The molecule has 27 heavy (non-hydrogen) atoms. The SMILES string of the molecule is COc1cc([C@@H](C)CC2CC[C@H](c3ccc(S(C)(=O)=O)cc3)C2)ccc1F. The van der Waals surface area contributed by atoms with Crippen molar-refractivity contribution in [2.45, 2.75) is 49.3 Å². The van der Waals surface area contributed by atoms with E-state index < -0.39 is 9.84 Å². The summed E-state index contributed by atoms with van der Waals surface area (Å²) in [5.74, 6) is 1.42. The fourth-order valence-corrected chi connectivity index (χ4v) is 4.83. The predicted octanol–water partition coefficient (Wildman–Crippen LogP) is 5.32. The zero-order valence-corrected chi connectivity index (χ0v) is 16.9. The molecule has 0 spiro atoms. The molecule has 1 saturated carbocycles. The van der Waals surface area contributed by atoms with E-state index in [1.54, 1.807) is 18.2 Å². The molecule has 1 aliphatic carbocycles. The monoisotopic (exact) mass is 390 g/mol. The summed E-state index contributed by atoms with van der Waals surface area (Å²) in [6.07, 6.45) is 5.70. The number of ether oxygens (including phenoxy) is 1. The Bertz CT molecular complexity index is 890. The molecule has 1 unspecified atom stereocenters. The van der Waals surface area contributed by atoms with Crippen LogP contribution in [0.3, 0.4) is 0 Å². The largest absolute Gasteiger partial charge is 0.494 e. The molecule has 5 heteroatoms. The second-order valence-corrected chi connectivity index (χ2v) is 9.76. The van der Waals surface area contributed by atoms with Crippen LogP contribution in [0.15, 0.2) is 47.4 Å². The molecular formula is C22H27FO3S. The lowest BCUT2D eigenvalue weighted by molar-refractivity contribution is 0.384. The van der Waals surface area contributed by atoms with Crippen LogP contribution < -0.4 is 4.74 Å². The van der Waals surface area contributed by atoms with Crippen LogP contribution in [0.4, 0.5) is 4.39 Å². The van der Waals surface area contributed by atoms with Gasteiger partial charge in [0, 0.05) is 6.26 Å². The molecule has 2 aromatic rings. The summed E-state index contributed by atoms with van der Waals surface area (Å²) in [4.78, 5) is 0.375. The fraction of sp³-hybridized carbons (Fsp3) is 0.455. The maximum atomic E-state index is 13.6. The van der Waals surface area contributed by atoms with E-state index in [1.807, 2.05) is 18.2 Å². The summed E-state index contributed by atoms with van der Waals surface area (Å²) < 4.78 is 41.9. The van der Waals surface area contributed by atoms with Crippen LogP contribution in [0, 0.1) is 11.7 Å². The third kappa shape index (κ3) is 4.70. The van der Waals surface area contributed by atoms with E-state index in [1.165, 1.54) is 31.4 Å². The molecule has 1 fully saturated rings. The van der Waals surface area contributed by atoms with E-state index >= 15 is 0 Å². The molecule has 0 aromatic heterocycles. The Morgan fingerprint density at radius 2 is 1.85 bits per heavy atom. The van der Waals surface area contributed by atoms with Gasteiger partial charge in [0.25, 0.3) is 0 Å². The number of rotatable bonds is 6. The maximum absolute atomic E-state index is 13.6. The number of methoxy groups -OCH3 is 1. The Hall–Kier alpha value is -1.88. The zero-order valence-electron chi connectivity index (χ0n) is 16.1. The predicted molar refractivity (Wildman–Crippen MR) is 106 cm³/mol. The second kappa shape index (κ2) is 8.01. The molecule has 3 atom stereocenters. The lowest BCUT2D eigenvalue weighted by Gasteiger charge is -2.18. The quantitative estimate of drug-likeness (QED) is 0.671. The highest BCUT2D eigenvalue weighted by Crippen LogP contribution is 2.42. The van der Waals surface area contributed by atoms with Crippen molar-refractivity contribution in [3.63, 3.8) is 0 Å². The van der Waals surface area contributed by atoms with Crippen LogP contribution in [0.1, 0.15) is 55.6 Å². The van der Waals surface area contributed by atoms with Gasteiger partial charge >= 0.3 is 0 Å². The van der Waals surface area contributed by atoms with Crippen molar-refractivity contribution in [3.05, 3.63) is 59.4 Å². The van der Waals surface area contributed by atoms with Gasteiger partial charge in [-0.05, 0) is 78.8 Å². The van der Waals surface area contributed by atoms with E-state index in [4.69, 9.17) is 4.74 Å². The Morgan fingerprint density at radius 3 is 2.48 bits per heavy atom. The molecule has 1 aliphatic rings. The zero-order chi connectivity index (χ0) is 19.6. The maximum Gasteiger partial charge on any atom is 0.175 e. The summed E-state index contributed by atoms with van der Waals surface area (Å²) in [7, 11) is -1.66. The smallest absolute Gasteiger partial charge is 0.175 e. The third-order valence-corrected chi connectivity index (χ3v) is 6.88. The molecule has 0 bridgehead atoms. The minimum atomic E-state index is -3.15. The van der Waals surface area contributed by atoms with Crippen molar-refractivity contribution < 1.29 is 17.5 Å². The number of halogens is 1. The fourth-order valence-electron chi connectivity index (χ4n) is 4.20. The molecule has 3 nitrogen and oxygen atoms in total. The minimum Gasteiger partial charge on any atom is -0.494 e. The Balaban J connectivity index is 1.62. The van der Waals surface area contributed by atoms with Crippen molar-refractivity contribution in [1.29, 1.82) is 0 Å². The number of hydrogen-bond donors (Lipinski definition) is 0. The van der Waals surface area contributed by atoms with Crippen LogP contribution in [0.5, 0.6) is 5.75 Å². The minimum absolute atomic E-state index is 0.301. The summed E-state index contributed by atoms with van der Waals surface area (Å²) in [6.45, 7) is 2.18. The van der Waals surface area contributed by atoms with Gasteiger partial charge in [0.05, 0.1) is 12.0 Å². The number of sulfone groups is 1. The van der Waals surface area contributed by atoms with Gasteiger partial charge in [-0.2, -0.15) is 0 Å². The highest BCUT2D eigenvalue weighted by molar-refractivity contribution is 7.90. The molecule has 0 saturated heterocycles. The Morgan fingerprint density at radius 1 is 1.15 bits per heavy atom. The molecule has 2 aromatic carbocycles. The first-order valence-corrected chi connectivity index (χ1v) is 11.3. The highest BCUT2D eigenvalue weighted by atomic mass is 32.2. The second-order valence-electron chi connectivity index (χ2n) is 7.75. The topological polar surface area (TPSA) is 43.4 Å². The Labute approximate surface area is 161 Å². The van der Waals surface area contributed by atoms with E-state index in [0.717, 1.165) is 24.8 Å². The summed E-state index contributed by atoms with van der Waals surface area (Å²) in [5.41, 5.74) is 2.33. The van der Waals surface area contributed by atoms with Gasteiger partial charge < -0.3 is 4.74 Å². The van der Waals surface area contributed by atoms with Crippen molar-refractivity contribution in [3.8, 4) is 5.75 Å². The molecule has 0 amide bonds. The summed E-state index contributed by atoms with van der Waals surface area (Å²) >= 11 is 0. The molecule has 0 radical (unpaired) electrons. The van der Waals surface area contributed by atoms with Gasteiger partial charge in [0.2, 0.25) is 0 Å². The first-order valence-electron chi connectivity index (χ1n) is 9.41. The van der Waals surface area contributed by atoms with Gasteiger partial charge in [0.1, 0.15) is 0 Å². The summed E-state index contributed by atoms with van der Waals surface area (Å²) in [5, 5.41) is 0. The van der Waals surface area contributed by atoms with Crippen LogP contribution in [0.2, 0.25) is 0 Å². The van der Waals surface area contributed by atoms with Crippen molar-refractivity contribution in [2.75, 3.05) is 13.4 Å². The van der Waals surface area contributed by atoms with Gasteiger partial charge in [-0.15, -0.1) is 0 Å². The van der Waals surface area contributed by atoms with Gasteiger partial charge in [-0.3, -0.25) is 0 Å². The van der Waals surface area contributed by atoms with E-state index in [-0.39, 0.29) is 5.82 Å². The first kappa shape index (κ1) is 19.9. The summed E-state index contributed by atoms with van der Waals surface area (Å²) in [6, 6.07) is 12.5. The highest BCUT2D eigenvalue weighted by Gasteiger charge is 2.27. The van der Waals surface area contributed by atoms with Crippen molar-refractivity contribution >= 4 is 9.84 Å². The number of hydrogen-bond acceptors (Lipinski definition) is 3. The Kier molecular flexibility index (Phi) is 5.89. The average molecular weight is 391 g/mol. The number of benzene rings is 2. The molecule has 0 heterocycles. The van der Waals surface area contributed by atoms with Gasteiger partial charge in [-0.25, -0.2) is 12.8 Å². The van der Waals surface area contributed by atoms with Crippen LogP contribution in [0.25, 0.3) is 0 Å². The van der Waals surface area contributed by atoms with E-state index in [0.29, 0.717) is 28.4 Å². The lowest BCUT2D eigenvalue weighted by Crippen LogP contribution is -2.04. The normalized spacial score (nSPS) is 21.2. The van der Waals surface area contributed by atoms with Crippen LogP contribution >= 0.6 is 0 Å². The van der Waals surface area contributed by atoms with E-state index in [9.17, 15) is 12.8 Å². The molecule has 0 N–H and O–H groups in total. The van der Waals surface area contributed by atoms with Crippen molar-refractivity contribution in [2.24, 2.45) is 5.92 Å². The van der Waals surface area contributed by atoms with Gasteiger partial charge in [-0.1, -0.05) is 25.1 Å². The van der Waals surface area contributed by atoms with E-state index in [2.05, 4.69) is 6.92 Å². The third-order valence-electron chi connectivity index (χ3n) is 5.75. The van der Waals surface area contributed by atoms with Gasteiger partial charge in [0.15, 0.2) is 21.4 Å². The van der Waals surface area contributed by atoms with Crippen molar-refractivity contribution in [1.82, 2.24) is 0 Å². The standard InChI is InChI=1S/C22H27FO3S/c1-15(18-8-11-21(23)22(14-18)26-2)12-16-4-5-19(13-16)17-6-9-20(10-7-17)27(3,24)25/h6-11,14-16,19H,4-5,12-13H2,1-3H3/t15-,16?,19-/m0/s1. The van der Waals surface area contributed by atoms with Crippen LogP contribution in [-0.2, 0) is 9.84 Å². The first-order chi connectivity index (χ1) is 12.8. The molecule has 146 valence electrons. The lowest BCUT2D eigenvalue weighted by atomic mass is 9.88. The molecule has 3 rings (SSSR count). The average Bonchev–Trinajstić information content (AvgIpc) is 3.10. The molecule has 0 aliphatic heterocycles. The molecular weight excluding hydrogens is 363 g/mol. The van der Waals surface area contributed by atoms with Crippen LogP contribution in [-0.4, -0.2) is 21.8 Å².